The van der Waals surface area contributed by atoms with Crippen LogP contribution in [0.5, 0.6) is 0 Å². The van der Waals surface area contributed by atoms with Gasteiger partial charge in [0.25, 0.3) is 0 Å². The third-order valence-electron chi connectivity index (χ3n) is 3.14. The van der Waals surface area contributed by atoms with E-state index in [-0.39, 0.29) is 0 Å². The molecule has 0 amide bonds. The summed E-state index contributed by atoms with van der Waals surface area (Å²) in [4.78, 5) is 2.31. The molecule has 0 bridgehead atoms. The van der Waals surface area contributed by atoms with E-state index >= 15 is 0 Å². The number of benzene rings is 1. The molecule has 0 spiro atoms. The second-order valence-electron chi connectivity index (χ2n) is 4.46. The molecule has 1 heterocycles. The highest BCUT2D eigenvalue weighted by Gasteiger charge is 2.23. The fourth-order valence-electron chi connectivity index (χ4n) is 2.23. The maximum absolute atomic E-state index is 6.23. The number of rotatable bonds is 4. The lowest BCUT2D eigenvalue weighted by molar-refractivity contribution is 0.549. The standard InChI is InChI=1S/C13H18Cl2N2/c1-2-7-16-10-6-8-17(9-10)12-5-3-4-11(14)13(12)15/h3-5,10,16H,2,6-9H2,1H3. The van der Waals surface area contributed by atoms with E-state index in [4.69, 9.17) is 23.2 Å². The molecule has 1 aliphatic rings. The molecule has 1 aromatic carbocycles. The molecule has 1 atom stereocenters. The molecule has 0 aromatic heterocycles. The van der Waals surface area contributed by atoms with Crippen LogP contribution in [0.1, 0.15) is 19.8 Å². The molecule has 0 aliphatic carbocycles. The summed E-state index contributed by atoms with van der Waals surface area (Å²) in [5, 5.41) is 4.85. The van der Waals surface area contributed by atoms with Crippen molar-refractivity contribution < 1.29 is 0 Å². The van der Waals surface area contributed by atoms with Gasteiger partial charge in [-0.25, -0.2) is 0 Å². The summed E-state index contributed by atoms with van der Waals surface area (Å²) in [6.07, 6.45) is 2.34. The van der Waals surface area contributed by atoms with Crippen molar-refractivity contribution in [1.82, 2.24) is 5.32 Å². The van der Waals surface area contributed by atoms with Gasteiger partial charge in [-0.1, -0.05) is 36.2 Å². The average molecular weight is 273 g/mol. The first-order valence-electron chi connectivity index (χ1n) is 6.14. The molecule has 1 saturated heterocycles. The second-order valence-corrected chi connectivity index (χ2v) is 5.24. The van der Waals surface area contributed by atoms with Crippen LogP contribution in [0.15, 0.2) is 18.2 Å². The maximum Gasteiger partial charge on any atom is 0.0825 e. The quantitative estimate of drug-likeness (QED) is 0.902. The maximum atomic E-state index is 6.23. The number of halogens is 2. The zero-order valence-corrected chi connectivity index (χ0v) is 11.6. The van der Waals surface area contributed by atoms with Crippen molar-refractivity contribution in [2.24, 2.45) is 0 Å². The summed E-state index contributed by atoms with van der Waals surface area (Å²) in [7, 11) is 0. The van der Waals surface area contributed by atoms with Crippen molar-refractivity contribution in [1.29, 1.82) is 0 Å². The van der Waals surface area contributed by atoms with Crippen LogP contribution in [-0.2, 0) is 0 Å². The van der Waals surface area contributed by atoms with Crippen LogP contribution in [0.25, 0.3) is 0 Å². The summed E-state index contributed by atoms with van der Waals surface area (Å²) >= 11 is 12.3. The molecular weight excluding hydrogens is 255 g/mol. The van der Waals surface area contributed by atoms with E-state index in [9.17, 15) is 0 Å². The normalized spacial score (nSPS) is 19.9. The van der Waals surface area contributed by atoms with Gasteiger partial charge in [-0.15, -0.1) is 0 Å². The van der Waals surface area contributed by atoms with Crippen molar-refractivity contribution in [3.8, 4) is 0 Å². The fraction of sp³-hybridized carbons (Fsp3) is 0.538. The Morgan fingerprint density at radius 2 is 2.24 bits per heavy atom. The van der Waals surface area contributed by atoms with Crippen LogP contribution < -0.4 is 10.2 Å². The summed E-state index contributed by atoms with van der Waals surface area (Å²) in [6, 6.07) is 6.40. The summed E-state index contributed by atoms with van der Waals surface area (Å²) < 4.78 is 0. The first-order valence-corrected chi connectivity index (χ1v) is 6.90. The Hall–Kier alpha value is -0.440. The third kappa shape index (κ3) is 3.06. The Balaban J connectivity index is 2.02. The second kappa shape index (κ2) is 5.94. The van der Waals surface area contributed by atoms with Gasteiger partial charge in [0.15, 0.2) is 0 Å². The minimum absolute atomic E-state index is 0.574. The lowest BCUT2D eigenvalue weighted by Gasteiger charge is -2.20. The van der Waals surface area contributed by atoms with Gasteiger partial charge in [0.05, 0.1) is 15.7 Å². The minimum atomic E-state index is 0.574. The Labute approximate surface area is 113 Å². The van der Waals surface area contributed by atoms with Crippen LogP contribution in [0, 0.1) is 0 Å². The van der Waals surface area contributed by atoms with Crippen LogP contribution in [-0.4, -0.2) is 25.7 Å². The van der Waals surface area contributed by atoms with Crippen LogP contribution in [0.3, 0.4) is 0 Å². The monoisotopic (exact) mass is 272 g/mol. The molecule has 0 radical (unpaired) electrons. The van der Waals surface area contributed by atoms with E-state index in [0.29, 0.717) is 16.1 Å². The lowest BCUT2D eigenvalue weighted by atomic mass is 10.2. The first kappa shape index (κ1) is 13.0. The van der Waals surface area contributed by atoms with E-state index in [0.717, 1.165) is 25.3 Å². The molecule has 1 aromatic rings. The molecule has 2 nitrogen and oxygen atoms in total. The van der Waals surface area contributed by atoms with Gasteiger partial charge in [-0.3, -0.25) is 0 Å². The Kier molecular flexibility index (Phi) is 4.55. The smallest absolute Gasteiger partial charge is 0.0825 e. The number of hydrogen-bond donors (Lipinski definition) is 1. The van der Waals surface area contributed by atoms with Crippen molar-refractivity contribution in [2.45, 2.75) is 25.8 Å². The molecule has 0 saturated carbocycles. The fourth-order valence-corrected chi connectivity index (χ4v) is 2.65. The molecule has 4 heteroatoms. The topological polar surface area (TPSA) is 15.3 Å². The van der Waals surface area contributed by atoms with Crippen LogP contribution >= 0.6 is 23.2 Å². The van der Waals surface area contributed by atoms with E-state index in [1.54, 1.807) is 0 Å². The van der Waals surface area contributed by atoms with Crippen molar-refractivity contribution in [3.63, 3.8) is 0 Å². The highest BCUT2D eigenvalue weighted by Crippen LogP contribution is 2.34. The van der Waals surface area contributed by atoms with Gasteiger partial charge >= 0.3 is 0 Å². The Bertz CT molecular complexity index is 382. The number of nitrogens with one attached hydrogen (secondary N) is 1. The molecular formula is C13H18Cl2N2. The van der Waals surface area contributed by atoms with Gasteiger partial charge in [0, 0.05) is 19.1 Å². The number of hydrogen-bond acceptors (Lipinski definition) is 2. The molecule has 1 unspecified atom stereocenters. The SMILES string of the molecule is CCCNC1CCN(c2cccc(Cl)c2Cl)C1. The summed E-state index contributed by atoms with van der Waals surface area (Å²) in [6.45, 7) is 5.33. The zero-order chi connectivity index (χ0) is 12.3. The largest absolute Gasteiger partial charge is 0.369 e. The van der Waals surface area contributed by atoms with Gasteiger partial charge in [-0.05, 0) is 31.5 Å². The van der Waals surface area contributed by atoms with Crippen molar-refractivity contribution in [2.75, 3.05) is 24.5 Å². The number of nitrogens with zero attached hydrogens (tertiary/aromatic N) is 1. The Morgan fingerprint density at radius 3 is 3.00 bits per heavy atom. The summed E-state index contributed by atoms with van der Waals surface area (Å²) in [5.41, 5.74) is 1.06. The molecule has 17 heavy (non-hydrogen) atoms. The Morgan fingerprint density at radius 1 is 1.41 bits per heavy atom. The van der Waals surface area contributed by atoms with Crippen molar-refractivity contribution in [3.05, 3.63) is 28.2 Å². The zero-order valence-electron chi connectivity index (χ0n) is 10.0. The van der Waals surface area contributed by atoms with Gasteiger partial charge < -0.3 is 10.2 Å². The van der Waals surface area contributed by atoms with Gasteiger partial charge in [-0.2, -0.15) is 0 Å². The van der Waals surface area contributed by atoms with Crippen molar-refractivity contribution >= 4 is 28.9 Å². The molecule has 1 fully saturated rings. The highest BCUT2D eigenvalue weighted by atomic mass is 35.5. The molecule has 94 valence electrons. The van der Waals surface area contributed by atoms with Crippen LogP contribution in [0.4, 0.5) is 5.69 Å². The van der Waals surface area contributed by atoms with Crippen LogP contribution in [0.2, 0.25) is 10.0 Å². The van der Waals surface area contributed by atoms with Gasteiger partial charge in [0.2, 0.25) is 0 Å². The third-order valence-corrected chi connectivity index (χ3v) is 3.95. The summed E-state index contributed by atoms with van der Waals surface area (Å²) in [5.74, 6) is 0. The molecule has 1 N–H and O–H groups in total. The van der Waals surface area contributed by atoms with E-state index < -0.39 is 0 Å². The predicted molar refractivity (Wildman–Crippen MR) is 75.4 cm³/mol. The predicted octanol–water partition coefficient (Wildman–Crippen LogP) is 3.57. The van der Waals surface area contributed by atoms with Gasteiger partial charge in [0.1, 0.15) is 0 Å². The number of anilines is 1. The minimum Gasteiger partial charge on any atom is -0.369 e. The van der Waals surface area contributed by atoms with E-state index in [1.807, 2.05) is 18.2 Å². The average Bonchev–Trinajstić information content (AvgIpc) is 2.78. The van der Waals surface area contributed by atoms with E-state index in [2.05, 4.69) is 17.1 Å². The highest BCUT2D eigenvalue weighted by molar-refractivity contribution is 6.43. The van der Waals surface area contributed by atoms with E-state index in [1.165, 1.54) is 12.8 Å². The molecule has 2 rings (SSSR count). The lowest BCUT2D eigenvalue weighted by Crippen LogP contribution is -2.33. The first-order chi connectivity index (χ1) is 8.22. The molecule has 1 aliphatic heterocycles.